The zero-order valence-corrected chi connectivity index (χ0v) is 11.0. The number of nitrogens with one attached hydrogen (secondary N) is 1. The molecule has 0 saturated heterocycles. The van der Waals surface area contributed by atoms with Crippen molar-refractivity contribution in [2.45, 2.75) is 5.16 Å². The Balaban J connectivity index is 1.75. The summed E-state index contributed by atoms with van der Waals surface area (Å²) in [7, 11) is 1.89. The van der Waals surface area contributed by atoms with Gasteiger partial charge in [0.05, 0.1) is 0 Å². The van der Waals surface area contributed by atoms with Crippen LogP contribution in [-0.4, -0.2) is 27.1 Å². The van der Waals surface area contributed by atoms with Gasteiger partial charge in [-0.05, 0) is 18.2 Å². The number of hydrogen-bond acceptors (Lipinski definition) is 4. The van der Waals surface area contributed by atoms with Crippen LogP contribution in [0, 0.1) is 0 Å². The van der Waals surface area contributed by atoms with Crippen LogP contribution in [0.1, 0.15) is 0 Å². The normalized spacial score (nSPS) is 10.5. The Labute approximate surface area is 109 Å². The van der Waals surface area contributed by atoms with E-state index in [4.69, 9.17) is 11.6 Å². The molecule has 6 heteroatoms. The Hall–Kier alpha value is -1.20. The molecule has 0 radical (unpaired) electrons. The molecule has 0 saturated carbocycles. The molecule has 0 aliphatic heterocycles. The Morgan fingerprint density at radius 1 is 1.47 bits per heavy atom. The van der Waals surface area contributed by atoms with Crippen LogP contribution in [-0.2, 0) is 7.05 Å². The minimum Gasteiger partial charge on any atom is -0.384 e. The highest BCUT2D eigenvalue weighted by Crippen LogP contribution is 2.16. The second kappa shape index (κ2) is 5.93. The third-order valence-electron chi connectivity index (χ3n) is 2.16. The second-order valence-electron chi connectivity index (χ2n) is 3.45. The van der Waals surface area contributed by atoms with Crippen molar-refractivity contribution in [3.05, 3.63) is 35.6 Å². The molecular formula is C11H13ClN4S. The standard InChI is InChI=1S/C11H13ClN4S/c1-16-11(14-8-15-16)17-6-5-13-10-4-2-3-9(12)7-10/h2-4,7-8,13H,5-6H2,1H3. The maximum atomic E-state index is 5.89. The average Bonchev–Trinajstić information content (AvgIpc) is 2.71. The fourth-order valence-electron chi connectivity index (χ4n) is 1.35. The Morgan fingerprint density at radius 3 is 3.06 bits per heavy atom. The van der Waals surface area contributed by atoms with E-state index in [1.54, 1.807) is 22.8 Å². The van der Waals surface area contributed by atoms with Crippen LogP contribution in [0.15, 0.2) is 35.7 Å². The van der Waals surface area contributed by atoms with Crippen molar-refractivity contribution in [1.82, 2.24) is 14.8 Å². The molecule has 1 aromatic heterocycles. The van der Waals surface area contributed by atoms with Crippen molar-refractivity contribution >= 4 is 29.1 Å². The molecule has 17 heavy (non-hydrogen) atoms. The molecule has 2 rings (SSSR count). The second-order valence-corrected chi connectivity index (χ2v) is 4.95. The number of anilines is 1. The highest BCUT2D eigenvalue weighted by atomic mass is 35.5. The number of hydrogen-bond donors (Lipinski definition) is 1. The first-order chi connectivity index (χ1) is 8.25. The maximum absolute atomic E-state index is 5.89. The van der Waals surface area contributed by atoms with Crippen molar-refractivity contribution in [1.29, 1.82) is 0 Å². The fourth-order valence-corrected chi connectivity index (χ4v) is 2.29. The summed E-state index contributed by atoms with van der Waals surface area (Å²) >= 11 is 7.56. The van der Waals surface area contributed by atoms with Crippen LogP contribution in [0.4, 0.5) is 5.69 Å². The van der Waals surface area contributed by atoms with Gasteiger partial charge in [0.25, 0.3) is 0 Å². The van der Waals surface area contributed by atoms with Crippen molar-refractivity contribution in [3.8, 4) is 0 Å². The van der Waals surface area contributed by atoms with E-state index in [0.29, 0.717) is 0 Å². The minimum absolute atomic E-state index is 0.746. The van der Waals surface area contributed by atoms with Crippen LogP contribution in [0.25, 0.3) is 0 Å². The van der Waals surface area contributed by atoms with Crippen molar-refractivity contribution in [2.24, 2.45) is 7.05 Å². The number of rotatable bonds is 5. The third-order valence-corrected chi connectivity index (χ3v) is 3.43. The van der Waals surface area contributed by atoms with Crippen LogP contribution in [0.5, 0.6) is 0 Å². The molecule has 90 valence electrons. The highest BCUT2D eigenvalue weighted by Gasteiger charge is 2.00. The summed E-state index contributed by atoms with van der Waals surface area (Å²) < 4.78 is 1.77. The molecule has 0 bridgehead atoms. The molecule has 0 fully saturated rings. The lowest BCUT2D eigenvalue weighted by atomic mass is 10.3. The number of halogens is 1. The molecule has 1 aromatic carbocycles. The predicted molar refractivity (Wildman–Crippen MR) is 71.7 cm³/mol. The van der Waals surface area contributed by atoms with Gasteiger partial charge in [0.1, 0.15) is 6.33 Å². The van der Waals surface area contributed by atoms with E-state index in [1.807, 2.05) is 31.3 Å². The van der Waals surface area contributed by atoms with Gasteiger partial charge in [0, 0.05) is 30.1 Å². The largest absolute Gasteiger partial charge is 0.384 e. The molecule has 1 heterocycles. The first kappa shape index (κ1) is 12.3. The topological polar surface area (TPSA) is 42.7 Å². The van der Waals surface area contributed by atoms with E-state index in [0.717, 1.165) is 28.2 Å². The lowest BCUT2D eigenvalue weighted by molar-refractivity contribution is 0.685. The highest BCUT2D eigenvalue weighted by molar-refractivity contribution is 7.99. The van der Waals surface area contributed by atoms with Crippen molar-refractivity contribution in [3.63, 3.8) is 0 Å². The number of aromatic nitrogens is 3. The number of nitrogens with zero attached hydrogens (tertiary/aromatic N) is 3. The van der Waals surface area contributed by atoms with Crippen molar-refractivity contribution < 1.29 is 0 Å². The van der Waals surface area contributed by atoms with Gasteiger partial charge in [-0.25, -0.2) is 9.67 Å². The smallest absolute Gasteiger partial charge is 0.185 e. The number of thioether (sulfide) groups is 1. The van der Waals surface area contributed by atoms with Gasteiger partial charge in [-0.15, -0.1) is 0 Å². The first-order valence-corrected chi connectivity index (χ1v) is 6.58. The zero-order chi connectivity index (χ0) is 12.1. The Morgan fingerprint density at radius 2 is 2.35 bits per heavy atom. The van der Waals surface area contributed by atoms with Crippen LogP contribution in [0.3, 0.4) is 0 Å². The van der Waals surface area contributed by atoms with Gasteiger partial charge in [-0.3, -0.25) is 0 Å². The van der Waals surface area contributed by atoms with E-state index in [1.165, 1.54) is 0 Å². The van der Waals surface area contributed by atoms with E-state index in [2.05, 4.69) is 15.4 Å². The molecule has 0 aliphatic rings. The molecule has 2 aromatic rings. The monoisotopic (exact) mass is 268 g/mol. The molecule has 1 N–H and O–H groups in total. The summed E-state index contributed by atoms with van der Waals surface area (Å²) in [4.78, 5) is 4.14. The summed E-state index contributed by atoms with van der Waals surface area (Å²) in [6.07, 6.45) is 1.56. The van der Waals surface area contributed by atoms with Gasteiger partial charge >= 0.3 is 0 Å². The minimum atomic E-state index is 0.746. The van der Waals surface area contributed by atoms with Gasteiger partial charge < -0.3 is 5.32 Å². The first-order valence-electron chi connectivity index (χ1n) is 5.22. The number of aryl methyl sites for hydroxylation is 1. The summed E-state index contributed by atoms with van der Waals surface area (Å²) in [5, 5.41) is 8.99. The molecule has 4 nitrogen and oxygen atoms in total. The quantitative estimate of drug-likeness (QED) is 0.669. The molecule has 0 atom stereocenters. The lowest BCUT2D eigenvalue weighted by Gasteiger charge is -2.05. The van der Waals surface area contributed by atoms with Gasteiger partial charge in [-0.2, -0.15) is 5.10 Å². The zero-order valence-electron chi connectivity index (χ0n) is 9.43. The molecule has 0 aliphatic carbocycles. The molecule has 0 unspecified atom stereocenters. The third kappa shape index (κ3) is 3.64. The Bertz CT molecular complexity index is 486. The molecule has 0 amide bonds. The van der Waals surface area contributed by atoms with E-state index < -0.39 is 0 Å². The summed E-state index contributed by atoms with van der Waals surface area (Å²) in [6.45, 7) is 0.859. The average molecular weight is 269 g/mol. The SMILES string of the molecule is Cn1ncnc1SCCNc1cccc(Cl)c1. The number of benzene rings is 1. The fraction of sp³-hybridized carbons (Fsp3) is 0.273. The summed E-state index contributed by atoms with van der Waals surface area (Å²) in [5.41, 5.74) is 1.04. The van der Waals surface area contributed by atoms with E-state index >= 15 is 0 Å². The lowest BCUT2D eigenvalue weighted by Crippen LogP contribution is -2.04. The van der Waals surface area contributed by atoms with Gasteiger partial charge in [0.2, 0.25) is 0 Å². The van der Waals surface area contributed by atoms with Gasteiger partial charge in [0.15, 0.2) is 5.16 Å². The summed E-state index contributed by atoms with van der Waals surface area (Å²) in [5.74, 6) is 0.930. The van der Waals surface area contributed by atoms with Crippen LogP contribution >= 0.6 is 23.4 Å². The molecule has 0 spiro atoms. The van der Waals surface area contributed by atoms with E-state index in [9.17, 15) is 0 Å². The van der Waals surface area contributed by atoms with Crippen LogP contribution < -0.4 is 5.32 Å². The van der Waals surface area contributed by atoms with Crippen LogP contribution in [0.2, 0.25) is 5.02 Å². The summed E-state index contributed by atoms with van der Waals surface area (Å²) in [6, 6.07) is 7.70. The van der Waals surface area contributed by atoms with Gasteiger partial charge in [-0.1, -0.05) is 29.4 Å². The Kier molecular flexibility index (Phi) is 4.28. The van der Waals surface area contributed by atoms with E-state index in [-0.39, 0.29) is 0 Å². The van der Waals surface area contributed by atoms with Crippen molar-refractivity contribution in [2.75, 3.05) is 17.6 Å². The maximum Gasteiger partial charge on any atom is 0.185 e. The predicted octanol–water partition coefficient (Wildman–Crippen LogP) is 2.67. The molecular weight excluding hydrogens is 256 g/mol.